The average molecular weight is 233 g/mol. The molecule has 0 amide bonds. The summed E-state index contributed by atoms with van der Waals surface area (Å²) in [5.41, 5.74) is 2.87. The maximum Gasteiger partial charge on any atom is 0.131 e. The first-order valence-corrected chi connectivity index (χ1v) is 5.89. The van der Waals surface area contributed by atoms with Gasteiger partial charge >= 0.3 is 0 Å². The molecule has 0 bridgehead atoms. The van der Waals surface area contributed by atoms with Crippen LogP contribution in [-0.2, 0) is 6.61 Å². The van der Waals surface area contributed by atoms with Gasteiger partial charge in [-0.15, -0.1) is 0 Å². The maximum atomic E-state index is 9.13. The van der Waals surface area contributed by atoms with Gasteiger partial charge in [-0.3, -0.25) is 5.41 Å². The van der Waals surface area contributed by atoms with Crippen LogP contribution in [0.1, 0.15) is 24.5 Å². The molecule has 17 heavy (non-hydrogen) atoms. The van der Waals surface area contributed by atoms with Crippen LogP contribution in [0.5, 0.6) is 0 Å². The quantitative estimate of drug-likeness (QED) is 0.418. The average Bonchev–Trinajstić information content (AvgIpc) is 3.07. The van der Waals surface area contributed by atoms with Gasteiger partial charge in [0.15, 0.2) is 0 Å². The van der Waals surface area contributed by atoms with Crippen LogP contribution in [0.25, 0.3) is 0 Å². The van der Waals surface area contributed by atoms with E-state index in [-0.39, 0.29) is 6.61 Å². The van der Waals surface area contributed by atoms with Crippen LogP contribution in [0.4, 0.5) is 0 Å². The fourth-order valence-corrected chi connectivity index (χ4v) is 1.76. The second-order valence-electron chi connectivity index (χ2n) is 4.61. The lowest BCUT2D eigenvalue weighted by atomic mass is 10.2. The number of aromatic nitrogens is 1. The summed E-state index contributed by atoms with van der Waals surface area (Å²) in [6.07, 6.45) is 6.80. The molecule has 92 valence electrons. The number of rotatable bonds is 4. The Bertz CT molecular complexity index is 455. The second kappa shape index (κ2) is 4.85. The molecule has 1 aromatic heterocycles. The Morgan fingerprint density at radius 2 is 2.35 bits per heavy atom. The predicted octanol–water partition coefficient (Wildman–Crippen LogP) is 1.42. The van der Waals surface area contributed by atoms with Gasteiger partial charge in [0.05, 0.1) is 6.61 Å². The zero-order valence-electron chi connectivity index (χ0n) is 10.3. The van der Waals surface area contributed by atoms with Crippen LogP contribution >= 0.6 is 0 Å². The third-order valence-electron chi connectivity index (χ3n) is 3.14. The summed E-state index contributed by atoms with van der Waals surface area (Å²) in [5, 5.41) is 20.4. The van der Waals surface area contributed by atoms with Gasteiger partial charge < -0.3 is 15.0 Å². The standard InChI is InChI=1S/C13H19N3O/c1-9(3-4-12-5-15-12)13(14)16-6-10(2)11(7-16)8-17/h3,6-7,12,14-15,17H,4-5,8H2,1-2H3. The van der Waals surface area contributed by atoms with Gasteiger partial charge in [-0.2, -0.15) is 0 Å². The minimum Gasteiger partial charge on any atom is -0.392 e. The van der Waals surface area contributed by atoms with Crippen molar-refractivity contribution >= 4 is 5.84 Å². The van der Waals surface area contributed by atoms with E-state index in [1.807, 2.05) is 26.2 Å². The van der Waals surface area contributed by atoms with Gasteiger partial charge in [-0.25, -0.2) is 0 Å². The number of aliphatic hydroxyl groups excluding tert-OH is 1. The molecule has 0 radical (unpaired) electrons. The molecule has 1 atom stereocenters. The van der Waals surface area contributed by atoms with Crippen LogP contribution in [0, 0.1) is 12.3 Å². The highest BCUT2D eigenvalue weighted by molar-refractivity contribution is 5.97. The Labute approximate surface area is 101 Å². The van der Waals surface area contributed by atoms with Gasteiger partial charge in [-0.05, 0) is 37.0 Å². The Hall–Kier alpha value is -1.39. The van der Waals surface area contributed by atoms with Crippen LogP contribution < -0.4 is 5.32 Å². The van der Waals surface area contributed by atoms with E-state index in [9.17, 15) is 0 Å². The van der Waals surface area contributed by atoms with E-state index >= 15 is 0 Å². The SMILES string of the molecule is CC(=CCC1CN1)C(=N)n1cc(C)c(CO)c1. The summed E-state index contributed by atoms with van der Waals surface area (Å²) in [5.74, 6) is 0.480. The topological polar surface area (TPSA) is 71.0 Å². The summed E-state index contributed by atoms with van der Waals surface area (Å²) < 4.78 is 1.77. The van der Waals surface area contributed by atoms with E-state index in [0.717, 1.165) is 29.7 Å². The number of nitrogens with one attached hydrogen (secondary N) is 2. The predicted molar refractivity (Wildman–Crippen MR) is 68.4 cm³/mol. The van der Waals surface area contributed by atoms with Crippen LogP contribution in [0.15, 0.2) is 24.0 Å². The minimum atomic E-state index is 0.0286. The lowest BCUT2D eigenvalue weighted by Gasteiger charge is -2.05. The van der Waals surface area contributed by atoms with Gasteiger partial charge in [0.2, 0.25) is 0 Å². The molecule has 2 rings (SSSR count). The Morgan fingerprint density at radius 1 is 1.65 bits per heavy atom. The number of hydrogen-bond donors (Lipinski definition) is 3. The molecular formula is C13H19N3O. The molecule has 1 saturated heterocycles. The van der Waals surface area contributed by atoms with Crippen molar-refractivity contribution in [2.75, 3.05) is 6.54 Å². The summed E-state index contributed by atoms with van der Waals surface area (Å²) in [6.45, 7) is 5.02. The second-order valence-corrected chi connectivity index (χ2v) is 4.61. The van der Waals surface area contributed by atoms with E-state index in [1.165, 1.54) is 0 Å². The maximum absolute atomic E-state index is 9.13. The van der Waals surface area contributed by atoms with E-state index in [1.54, 1.807) is 4.57 Å². The fourth-order valence-electron chi connectivity index (χ4n) is 1.76. The monoisotopic (exact) mass is 233 g/mol. The number of aliphatic hydroxyl groups is 1. The smallest absolute Gasteiger partial charge is 0.131 e. The third-order valence-corrected chi connectivity index (χ3v) is 3.14. The molecule has 4 nitrogen and oxygen atoms in total. The molecule has 1 aliphatic rings. The highest BCUT2D eigenvalue weighted by Crippen LogP contribution is 2.12. The molecule has 1 fully saturated rings. The first kappa shape index (κ1) is 12.1. The molecule has 2 heterocycles. The highest BCUT2D eigenvalue weighted by atomic mass is 16.3. The summed E-state index contributed by atoms with van der Waals surface area (Å²) in [7, 11) is 0. The summed E-state index contributed by atoms with van der Waals surface area (Å²) >= 11 is 0. The first-order valence-electron chi connectivity index (χ1n) is 5.89. The molecule has 0 aliphatic carbocycles. The third kappa shape index (κ3) is 2.84. The minimum absolute atomic E-state index is 0.0286. The van der Waals surface area contributed by atoms with Gasteiger partial charge in [0.1, 0.15) is 5.84 Å². The molecule has 0 spiro atoms. The van der Waals surface area contributed by atoms with Crippen molar-refractivity contribution in [3.63, 3.8) is 0 Å². The number of hydrogen-bond acceptors (Lipinski definition) is 3. The van der Waals surface area contributed by atoms with E-state index < -0.39 is 0 Å². The number of allylic oxidation sites excluding steroid dienone is 1. The molecule has 0 aromatic carbocycles. The molecule has 1 aromatic rings. The molecule has 1 aliphatic heterocycles. The fraction of sp³-hybridized carbons (Fsp3) is 0.462. The summed E-state index contributed by atoms with van der Waals surface area (Å²) in [4.78, 5) is 0. The summed E-state index contributed by atoms with van der Waals surface area (Å²) in [6, 6.07) is 0.608. The molecule has 0 saturated carbocycles. The van der Waals surface area contributed by atoms with Gasteiger partial charge in [-0.1, -0.05) is 6.08 Å². The molecule has 1 unspecified atom stereocenters. The lowest BCUT2D eigenvalue weighted by molar-refractivity contribution is 0.281. The van der Waals surface area contributed by atoms with E-state index in [0.29, 0.717) is 11.9 Å². The van der Waals surface area contributed by atoms with Gasteiger partial charge in [0.25, 0.3) is 0 Å². The van der Waals surface area contributed by atoms with Crippen molar-refractivity contribution in [3.8, 4) is 0 Å². The normalized spacial score (nSPS) is 19.5. The van der Waals surface area contributed by atoms with Crippen molar-refractivity contribution in [1.29, 1.82) is 5.41 Å². The Kier molecular flexibility index (Phi) is 3.45. The van der Waals surface area contributed by atoms with Crippen molar-refractivity contribution in [3.05, 3.63) is 35.2 Å². The zero-order valence-corrected chi connectivity index (χ0v) is 10.3. The number of nitrogens with zero attached hydrogens (tertiary/aromatic N) is 1. The van der Waals surface area contributed by atoms with E-state index in [2.05, 4.69) is 11.4 Å². The first-order chi connectivity index (χ1) is 8.11. The molecule has 3 N–H and O–H groups in total. The van der Waals surface area contributed by atoms with E-state index in [4.69, 9.17) is 10.5 Å². The Morgan fingerprint density at radius 3 is 2.88 bits per heavy atom. The molecule has 4 heteroatoms. The van der Waals surface area contributed by atoms with Gasteiger partial charge in [0, 0.05) is 25.0 Å². The van der Waals surface area contributed by atoms with Crippen molar-refractivity contribution < 1.29 is 5.11 Å². The zero-order chi connectivity index (χ0) is 12.4. The highest BCUT2D eigenvalue weighted by Gasteiger charge is 2.18. The lowest BCUT2D eigenvalue weighted by Crippen LogP contribution is -2.09. The van der Waals surface area contributed by atoms with Crippen LogP contribution in [0.3, 0.4) is 0 Å². The van der Waals surface area contributed by atoms with Crippen LogP contribution in [0.2, 0.25) is 0 Å². The Balaban J connectivity index is 2.08. The van der Waals surface area contributed by atoms with Crippen molar-refractivity contribution in [2.24, 2.45) is 0 Å². The van der Waals surface area contributed by atoms with Crippen LogP contribution in [-0.4, -0.2) is 28.1 Å². The largest absolute Gasteiger partial charge is 0.392 e. The molecular weight excluding hydrogens is 214 g/mol. The van der Waals surface area contributed by atoms with Crippen molar-refractivity contribution in [2.45, 2.75) is 32.9 Å². The van der Waals surface area contributed by atoms with Crippen molar-refractivity contribution in [1.82, 2.24) is 9.88 Å². The number of aryl methyl sites for hydroxylation is 1.